The standard InChI is InChI=1S/C11H13ClF3N.ClH/c1-2-3-10(16)7-4-5-9(12)8(6-7)11(13,14)15;/h4-6,10H,2-3,16H2,1H3;1H/t10-;/m0./s1. The molecule has 1 rings (SSSR count). The van der Waals surface area contributed by atoms with E-state index < -0.39 is 11.7 Å². The van der Waals surface area contributed by atoms with Crippen LogP contribution < -0.4 is 5.73 Å². The number of hydrogen-bond acceptors (Lipinski definition) is 1. The largest absolute Gasteiger partial charge is 0.417 e. The molecule has 6 heteroatoms. The molecule has 0 fully saturated rings. The lowest BCUT2D eigenvalue weighted by atomic mass is 10.0. The van der Waals surface area contributed by atoms with Crippen molar-refractivity contribution >= 4 is 24.0 Å². The minimum atomic E-state index is -4.43. The maximum atomic E-state index is 12.6. The molecule has 0 aromatic heterocycles. The maximum Gasteiger partial charge on any atom is 0.417 e. The molecule has 2 N–H and O–H groups in total. The number of alkyl halides is 3. The normalized spacial score (nSPS) is 13.1. The van der Waals surface area contributed by atoms with Gasteiger partial charge in [-0.15, -0.1) is 12.4 Å². The Balaban J connectivity index is 0.00000256. The third kappa shape index (κ3) is 4.37. The lowest BCUT2D eigenvalue weighted by molar-refractivity contribution is -0.137. The van der Waals surface area contributed by atoms with Crippen molar-refractivity contribution in [3.8, 4) is 0 Å². The van der Waals surface area contributed by atoms with Gasteiger partial charge in [0, 0.05) is 6.04 Å². The van der Waals surface area contributed by atoms with Crippen LogP contribution in [0.5, 0.6) is 0 Å². The topological polar surface area (TPSA) is 26.0 Å². The Morgan fingerprint density at radius 2 is 1.94 bits per heavy atom. The van der Waals surface area contributed by atoms with Gasteiger partial charge in [-0.25, -0.2) is 0 Å². The summed E-state index contributed by atoms with van der Waals surface area (Å²) in [7, 11) is 0. The van der Waals surface area contributed by atoms with E-state index in [0.29, 0.717) is 12.0 Å². The highest BCUT2D eigenvalue weighted by atomic mass is 35.5. The number of benzene rings is 1. The molecule has 1 aromatic rings. The zero-order chi connectivity index (χ0) is 12.3. The molecule has 0 bridgehead atoms. The SMILES string of the molecule is CCC[C@H](N)c1ccc(Cl)c(C(F)(F)F)c1.Cl. The maximum absolute atomic E-state index is 12.6. The van der Waals surface area contributed by atoms with Crippen molar-refractivity contribution in [3.63, 3.8) is 0 Å². The van der Waals surface area contributed by atoms with Gasteiger partial charge in [-0.1, -0.05) is 31.0 Å². The average molecular weight is 288 g/mol. The van der Waals surface area contributed by atoms with Gasteiger partial charge in [0.25, 0.3) is 0 Å². The van der Waals surface area contributed by atoms with Gasteiger partial charge in [-0.3, -0.25) is 0 Å². The first-order chi connectivity index (χ1) is 7.36. The van der Waals surface area contributed by atoms with Gasteiger partial charge in [-0.2, -0.15) is 13.2 Å². The van der Waals surface area contributed by atoms with Crippen molar-refractivity contribution in [1.82, 2.24) is 0 Å². The second-order valence-corrected chi connectivity index (χ2v) is 4.04. The van der Waals surface area contributed by atoms with E-state index in [9.17, 15) is 13.2 Å². The Morgan fingerprint density at radius 1 is 1.35 bits per heavy atom. The van der Waals surface area contributed by atoms with Gasteiger partial charge in [0.2, 0.25) is 0 Å². The highest BCUT2D eigenvalue weighted by molar-refractivity contribution is 6.31. The van der Waals surface area contributed by atoms with Crippen LogP contribution in [0.3, 0.4) is 0 Å². The molecule has 0 saturated heterocycles. The summed E-state index contributed by atoms with van der Waals surface area (Å²) < 4.78 is 37.7. The highest BCUT2D eigenvalue weighted by Gasteiger charge is 2.33. The third-order valence-corrected chi connectivity index (χ3v) is 2.65. The van der Waals surface area contributed by atoms with E-state index >= 15 is 0 Å². The van der Waals surface area contributed by atoms with E-state index in [1.165, 1.54) is 12.1 Å². The summed E-state index contributed by atoms with van der Waals surface area (Å²) in [6.07, 6.45) is -2.96. The Labute approximate surface area is 110 Å². The molecule has 98 valence electrons. The monoisotopic (exact) mass is 287 g/mol. The summed E-state index contributed by atoms with van der Waals surface area (Å²) in [5.41, 5.74) is 5.41. The number of rotatable bonds is 3. The molecule has 0 spiro atoms. The van der Waals surface area contributed by atoms with Crippen LogP contribution in [-0.4, -0.2) is 0 Å². The molecule has 0 aliphatic rings. The number of halogens is 5. The third-order valence-electron chi connectivity index (χ3n) is 2.32. The van der Waals surface area contributed by atoms with Crippen molar-refractivity contribution in [3.05, 3.63) is 34.3 Å². The zero-order valence-corrected chi connectivity index (χ0v) is 10.8. The predicted octanol–water partition coefficient (Wildman–Crippen LogP) is 4.58. The molecular formula is C11H14Cl2F3N. The molecule has 1 nitrogen and oxygen atoms in total. The van der Waals surface area contributed by atoms with Crippen LogP contribution in [0.1, 0.15) is 36.9 Å². The molecule has 0 heterocycles. The summed E-state index contributed by atoms with van der Waals surface area (Å²) >= 11 is 5.50. The van der Waals surface area contributed by atoms with Crippen LogP contribution >= 0.6 is 24.0 Å². The van der Waals surface area contributed by atoms with Gasteiger partial charge < -0.3 is 5.73 Å². The molecule has 0 unspecified atom stereocenters. The summed E-state index contributed by atoms with van der Waals surface area (Å²) in [5, 5.41) is -0.292. The quantitative estimate of drug-likeness (QED) is 0.865. The minimum absolute atomic E-state index is 0. The Bertz CT molecular complexity index is 366. The van der Waals surface area contributed by atoms with Crippen LogP contribution in [0.4, 0.5) is 13.2 Å². The van der Waals surface area contributed by atoms with E-state index in [2.05, 4.69) is 0 Å². The minimum Gasteiger partial charge on any atom is -0.324 e. The Hall–Kier alpha value is -0.450. The van der Waals surface area contributed by atoms with E-state index in [1.807, 2.05) is 6.92 Å². The van der Waals surface area contributed by atoms with E-state index in [1.54, 1.807) is 0 Å². The predicted molar refractivity (Wildman–Crippen MR) is 65.5 cm³/mol. The number of nitrogens with two attached hydrogens (primary N) is 1. The first kappa shape index (κ1) is 16.6. The van der Waals surface area contributed by atoms with Gasteiger partial charge >= 0.3 is 6.18 Å². The fraction of sp³-hybridized carbons (Fsp3) is 0.455. The Morgan fingerprint density at radius 3 is 2.41 bits per heavy atom. The molecule has 1 aromatic carbocycles. The lowest BCUT2D eigenvalue weighted by Gasteiger charge is -2.15. The molecule has 0 saturated carbocycles. The molecule has 17 heavy (non-hydrogen) atoms. The summed E-state index contributed by atoms with van der Waals surface area (Å²) in [4.78, 5) is 0. The highest BCUT2D eigenvalue weighted by Crippen LogP contribution is 2.36. The summed E-state index contributed by atoms with van der Waals surface area (Å²) in [6.45, 7) is 1.93. The van der Waals surface area contributed by atoms with Crippen LogP contribution in [0.2, 0.25) is 5.02 Å². The van der Waals surface area contributed by atoms with E-state index in [0.717, 1.165) is 12.5 Å². The van der Waals surface area contributed by atoms with Crippen LogP contribution in [0, 0.1) is 0 Å². The molecule has 0 aliphatic heterocycles. The van der Waals surface area contributed by atoms with Crippen LogP contribution in [0.15, 0.2) is 18.2 Å². The smallest absolute Gasteiger partial charge is 0.324 e. The fourth-order valence-electron chi connectivity index (χ4n) is 1.47. The van der Waals surface area contributed by atoms with E-state index in [4.69, 9.17) is 17.3 Å². The average Bonchev–Trinajstić information content (AvgIpc) is 2.16. The molecule has 1 atom stereocenters. The fourth-order valence-corrected chi connectivity index (χ4v) is 1.69. The summed E-state index contributed by atoms with van der Waals surface area (Å²) in [5.74, 6) is 0. The summed E-state index contributed by atoms with van der Waals surface area (Å²) in [6, 6.07) is 3.44. The molecular weight excluding hydrogens is 274 g/mol. The van der Waals surface area contributed by atoms with Crippen molar-refractivity contribution in [2.24, 2.45) is 5.73 Å². The number of hydrogen-bond donors (Lipinski definition) is 1. The van der Waals surface area contributed by atoms with Crippen molar-refractivity contribution in [2.45, 2.75) is 32.0 Å². The Kier molecular flexibility index (Phi) is 6.30. The van der Waals surface area contributed by atoms with Gasteiger partial charge in [0.15, 0.2) is 0 Å². The molecule has 0 aliphatic carbocycles. The van der Waals surface area contributed by atoms with Crippen LogP contribution in [-0.2, 0) is 6.18 Å². The zero-order valence-electron chi connectivity index (χ0n) is 9.22. The lowest BCUT2D eigenvalue weighted by Crippen LogP contribution is -2.12. The second kappa shape index (κ2) is 6.47. The van der Waals surface area contributed by atoms with Crippen molar-refractivity contribution in [2.75, 3.05) is 0 Å². The molecule has 0 radical (unpaired) electrons. The first-order valence-corrected chi connectivity index (χ1v) is 5.36. The van der Waals surface area contributed by atoms with Gasteiger partial charge in [0.1, 0.15) is 0 Å². The van der Waals surface area contributed by atoms with Gasteiger partial charge in [0.05, 0.1) is 10.6 Å². The second-order valence-electron chi connectivity index (χ2n) is 3.63. The van der Waals surface area contributed by atoms with Gasteiger partial charge in [-0.05, 0) is 24.1 Å². The van der Waals surface area contributed by atoms with Crippen LogP contribution in [0.25, 0.3) is 0 Å². The first-order valence-electron chi connectivity index (χ1n) is 4.98. The van der Waals surface area contributed by atoms with Crippen molar-refractivity contribution < 1.29 is 13.2 Å². The van der Waals surface area contributed by atoms with E-state index in [-0.39, 0.29) is 23.5 Å². The molecule has 0 amide bonds. The van der Waals surface area contributed by atoms with Crippen molar-refractivity contribution in [1.29, 1.82) is 0 Å².